The first-order valence-electron chi connectivity index (χ1n) is 3.02. The van der Waals surface area contributed by atoms with Crippen LogP contribution in [0.3, 0.4) is 0 Å². The SMILES string of the molecule is OCc1ccncc1CO. The molecule has 0 bridgehead atoms. The largest absolute Gasteiger partial charge is 0.392 e. The van der Waals surface area contributed by atoms with E-state index in [4.69, 9.17) is 10.2 Å². The van der Waals surface area contributed by atoms with Crippen LogP contribution in [0.25, 0.3) is 0 Å². The third-order valence-corrected chi connectivity index (χ3v) is 1.35. The zero-order valence-corrected chi connectivity index (χ0v) is 5.49. The summed E-state index contributed by atoms with van der Waals surface area (Å²) in [5, 5.41) is 17.4. The average molecular weight is 139 g/mol. The van der Waals surface area contributed by atoms with Crippen molar-refractivity contribution in [3.05, 3.63) is 29.6 Å². The van der Waals surface area contributed by atoms with Crippen LogP contribution in [-0.2, 0) is 13.2 Å². The Morgan fingerprint density at radius 3 is 2.40 bits per heavy atom. The molecular formula is C7H9NO2. The molecule has 54 valence electrons. The topological polar surface area (TPSA) is 53.4 Å². The lowest BCUT2D eigenvalue weighted by molar-refractivity contribution is 0.259. The van der Waals surface area contributed by atoms with Gasteiger partial charge in [-0.25, -0.2) is 0 Å². The fourth-order valence-electron chi connectivity index (χ4n) is 0.753. The van der Waals surface area contributed by atoms with E-state index in [1.165, 1.54) is 0 Å². The minimum absolute atomic E-state index is 0.0432. The van der Waals surface area contributed by atoms with Crippen LogP contribution < -0.4 is 0 Å². The molecule has 0 spiro atoms. The Morgan fingerprint density at radius 1 is 1.20 bits per heavy atom. The molecule has 0 amide bonds. The van der Waals surface area contributed by atoms with Crippen molar-refractivity contribution in [2.24, 2.45) is 0 Å². The minimum Gasteiger partial charge on any atom is -0.392 e. The summed E-state index contributed by atoms with van der Waals surface area (Å²) in [6.07, 6.45) is 3.14. The van der Waals surface area contributed by atoms with Crippen molar-refractivity contribution in [3.63, 3.8) is 0 Å². The van der Waals surface area contributed by atoms with Crippen LogP contribution in [0, 0.1) is 0 Å². The quantitative estimate of drug-likeness (QED) is 0.609. The zero-order valence-electron chi connectivity index (χ0n) is 5.49. The van der Waals surface area contributed by atoms with Crippen LogP contribution >= 0.6 is 0 Å². The van der Waals surface area contributed by atoms with Gasteiger partial charge in [0.1, 0.15) is 0 Å². The van der Waals surface area contributed by atoms with Gasteiger partial charge in [0.05, 0.1) is 13.2 Å². The van der Waals surface area contributed by atoms with Crippen molar-refractivity contribution in [1.82, 2.24) is 4.98 Å². The Balaban J connectivity index is 2.96. The van der Waals surface area contributed by atoms with E-state index in [-0.39, 0.29) is 13.2 Å². The molecular weight excluding hydrogens is 130 g/mol. The van der Waals surface area contributed by atoms with Crippen LogP contribution in [0.1, 0.15) is 11.1 Å². The highest BCUT2D eigenvalue weighted by Crippen LogP contribution is 2.05. The predicted molar refractivity (Wildman–Crippen MR) is 36.1 cm³/mol. The van der Waals surface area contributed by atoms with Gasteiger partial charge < -0.3 is 10.2 Å². The second-order valence-electron chi connectivity index (χ2n) is 1.96. The number of aromatic nitrogens is 1. The normalized spacial score (nSPS) is 9.80. The highest BCUT2D eigenvalue weighted by molar-refractivity contribution is 5.21. The minimum atomic E-state index is -0.0657. The molecule has 0 fully saturated rings. The number of rotatable bonds is 2. The van der Waals surface area contributed by atoms with E-state index in [1.54, 1.807) is 18.5 Å². The average Bonchev–Trinajstić information content (AvgIpc) is 2.04. The first kappa shape index (κ1) is 7.18. The molecule has 0 atom stereocenters. The summed E-state index contributed by atoms with van der Waals surface area (Å²) >= 11 is 0. The molecule has 1 aromatic rings. The Bertz CT molecular complexity index is 190. The lowest BCUT2D eigenvalue weighted by Crippen LogP contribution is -1.93. The summed E-state index contributed by atoms with van der Waals surface area (Å²) in [5.41, 5.74) is 1.42. The van der Waals surface area contributed by atoms with E-state index in [0.29, 0.717) is 5.56 Å². The second kappa shape index (κ2) is 3.29. The molecule has 0 aliphatic heterocycles. The molecule has 0 aromatic carbocycles. The number of hydrogen-bond donors (Lipinski definition) is 2. The molecule has 1 aromatic heterocycles. The molecule has 3 nitrogen and oxygen atoms in total. The van der Waals surface area contributed by atoms with E-state index in [1.807, 2.05) is 0 Å². The zero-order chi connectivity index (χ0) is 7.40. The van der Waals surface area contributed by atoms with E-state index in [0.717, 1.165) is 5.56 Å². The number of aliphatic hydroxyl groups excluding tert-OH is 2. The second-order valence-corrected chi connectivity index (χ2v) is 1.96. The Labute approximate surface area is 59.0 Å². The molecule has 0 saturated carbocycles. The summed E-state index contributed by atoms with van der Waals surface area (Å²) < 4.78 is 0. The van der Waals surface area contributed by atoms with Gasteiger partial charge in [-0.3, -0.25) is 4.98 Å². The van der Waals surface area contributed by atoms with Crippen molar-refractivity contribution in [1.29, 1.82) is 0 Å². The van der Waals surface area contributed by atoms with Gasteiger partial charge in [0.15, 0.2) is 0 Å². The van der Waals surface area contributed by atoms with Gasteiger partial charge in [0.2, 0.25) is 0 Å². The standard InChI is InChI=1S/C7H9NO2/c9-4-6-1-2-8-3-7(6)5-10/h1-3,9-10H,4-5H2. The first-order valence-corrected chi connectivity index (χ1v) is 3.02. The Hall–Kier alpha value is -0.930. The predicted octanol–water partition coefficient (Wildman–Crippen LogP) is 0.0662. The molecule has 0 unspecified atom stereocenters. The summed E-state index contributed by atoms with van der Waals surface area (Å²) in [6.45, 7) is -0.109. The monoisotopic (exact) mass is 139 g/mol. The summed E-state index contributed by atoms with van der Waals surface area (Å²) in [7, 11) is 0. The summed E-state index contributed by atoms with van der Waals surface area (Å²) in [5.74, 6) is 0. The lowest BCUT2D eigenvalue weighted by atomic mass is 10.2. The van der Waals surface area contributed by atoms with E-state index >= 15 is 0 Å². The highest BCUT2D eigenvalue weighted by Gasteiger charge is 1.96. The lowest BCUT2D eigenvalue weighted by Gasteiger charge is -2.00. The van der Waals surface area contributed by atoms with Gasteiger partial charge in [0.25, 0.3) is 0 Å². The number of aliphatic hydroxyl groups is 2. The van der Waals surface area contributed by atoms with Crippen molar-refractivity contribution >= 4 is 0 Å². The fraction of sp³-hybridized carbons (Fsp3) is 0.286. The number of hydrogen-bond acceptors (Lipinski definition) is 3. The van der Waals surface area contributed by atoms with Crippen LogP contribution in [-0.4, -0.2) is 15.2 Å². The summed E-state index contributed by atoms with van der Waals surface area (Å²) in [4.78, 5) is 3.79. The van der Waals surface area contributed by atoms with Crippen molar-refractivity contribution in [2.75, 3.05) is 0 Å². The molecule has 0 saturated heterocycles. The van der Waals surface area contributed by atoms with Crippen LogP contribution in [0.2, 0.25) is 0 Å². The van der Waals surface area contributed by atoms with Gasteiger partial charge >= 0.3 is 0 Å². The Kier molecular flexibility index (Phi) is 2.36. The Morgan fingerprint density at radius 2 is 1.90 bits per heavy atom. The number of nitrogens with zero attached hydrogens (tertiary/aromatic N) is 1. The smallest absolute Gasteiger partial charge is 0.0700 e. The van der Waals surface area contributed by atoms with Crippen LogP contribution in [0.15, 0.2) is 18.5 Å². The van der Waals surface area contributed by atoms with Gasteiger partial charge in [-0.05, 0) is 11.6 Å². The third kappa shape index (κ3) is 1.32. The van der Waals surface area contributed by atoms with Crippen LogP contribution in [0.5, 0.6) is 0 Å². The molecule has 10 heavy (non-hydrogen) atoms. The van der Waals surface area contributed by atoms with Gasteiger partial charge in [-0.15, -0.1) is 0 Å². The van der Waals surface area contributed by atoms with E-state index in [9.17, 15) is 0 Å². The molecule has 2 N–H and O–H groups in total. The molecule has 0 radical (unpaired) electrons. The van der Waals surface area contributed by atoms with Crippen molar-refractivity contribution in [2.45, 2.75) is 13.2 Å². The van der Waals surface area contributed by atoms with Crippen LogP contribution in [0.4, 0.5) is 0 Å². The van der Waals surface area contributed by atoms with Gasteiger partial charge in [0, 0.05) is 18.0 Å². The fourth-order valence-corrected chi connectivity index (χ4v) is 0.753. The van der Waals surface area contributed by atoms with E-state index in [2.05, 4.69) is 4.98 Å². The third-order valence-electron chi connectivity index (χ3n) is 1.35. The maximum absolute atomic E-state index is 8.71. The maximum Gasteiger partial charge on any atom is 0.0700 e. The summed E-state index contributed by atoms with van der Waals surface area (Å²) in [6, 6.07) is 1.69. The molecule has 3 heteroatoms. The highest BCUT2D eigenvalue weighted by atomic mass is 16.3. The maximum atomic E-state index is 8.71. The van der Waals surface area contributed by atoms with Gasteiger partial charge in [-0.2, -0.15) is 0 Å². The molecule has 0 aliphatic carbocycles. The molecule has 1 rings (SSSR count). The number of pyridine rings is 1. The molecule has 0 aliphatic rings. The van der Waals surface area contributed by atoms with Crippen molar-refractivity contribution < 1.29 is 10.2 Å². The molecule has 1 heterocycles. The van der Waals surface area contributed by atoms with Gasteiger partial charge in [-0.1, -0.05) is 0 Å². The van der Waals surface area contributed by atoms with Crippen molar-refractivity contribution in [3.8, 4) is 0 Å². The van der Waals surface area contributed by atoms with E-state index < -0.39 is 0 Å². The first-order chi connectivity index (χ1) is 4.88.